The quantitative estimate of drug-likeness (QED) is 0.286. The average molecular weight is 445 g/mol. The van der Waals surface area contributed by atoms with E-state index in [1.165, 1.54) is 0 Å². The lowest BCUT2D eigenvalue weighted by molar-refractivity contribution is 0.0950. The number of carbonyl (C=O) groups is 1. The molecule has 0 aliphatic carbocycles. The third kappa shape index (κ3) is 4.47. The van der Waals surface area contributed by atoms with Gasteiger partial charge in [0.15, 0.2) is 0 Å². The van der Waals surface area contributed by atoms with Crippen molar-refractivity contribution in [1.82, 2.24) is 15.4 Å². The molecular formula is C27H19N5O2. The van der Waals surface area contributed by atoms with Crippen molar-refractivity contribution in [3.05, 3.63) is 107 Å². The molecular weight excluding hydrogens is 426 g/mol. The smallest absolute Gasteiger partial charge is 0.289 e. The number of amides is 1. The van der Waals surface area contributed by atoms with E-state index in [1.807, 2.05) is 60.7 Å². The van der Waals surface area contributed by atoms with Gasteiger partial charge < -0.3 is 9.72 Å². The minimum Gasteiger partial charge on any atom is -0.489 e. The lowest BCUT2D eigenvalue weighted by atomic mass is 10.1. The standard InChI is InChI=1S/C27H19N5O2/c28-14-18-8-10-19(11-9-18)17-34-21-5-3-4-20(12-21)15-30-32-27(33)25-13-23-22-6-1-2-7-24(22)31-26(23)16-29-25/h1-13,15-16,31H,17H2,(H,32,33)/b30-15+. The molecule has 0 atom stereocenters. The Morgan fingerprint density at radius 1 is 1.03 bits per heavy atom. The number of ether oxygens (including phenoxy) is 1. The Morgan fingerprint density at radius 3 is 2.74 bits per heavy atom. The van der Waals surface area contributed by atoms with Gasteiger partial charge in [-0.3, -0.25) is 4.79 Å². The van der Waals surface area contributed by atoms with Crippen molar-refractivity contribution in [1.29, 1.82) is 5.26 Å². The Hall–Kier alpha value is -4.96. The van der Waals surface area contributed by atoms with Crippen LogP contribution in [0.4, 0.5) is 0 Å². The first-order valence-corrected chi connectivity index (χ1v) is 10.6. The van der Waals surface area contributed by atoms with Crippen LogP contribution in [0, 0.1) is 11.3 Å². The van der Waals surface area contributed by atoms with E-state index in [0.717, 1.165) is 32.9 Å². The number of hydrogen-bond donors (Lipinski definition) is 2. The molecule has 7 heteroatoms. The van der Waals surface area contributed by atoms with Gasteiger partial charge in [0.2, 0.25) is 0 Å². The first kappa shape index (κ1) is 20.9. The Morgan fingerprint density at radius 2 is 1.88 bits per heavy atom. The van der Waals surface area contributed by atoms with Gasteiger partial charge in [-0.25, -0.2) is 10.4 Å². The second-order valence-electron chi connectivity index (χ2n) is 7.65. The summed E-state index contributed by atoms with van der Waals surface area (Å²) in [6.07, 6.45) is 3.21. The van der Waals surface area contributed by atoms with Gasteiger partial charge in [-0.2, -0.15) is 10.4 Å². The Balaban J connectivity index is 1.23. The summed E-state index contributed by atoms with van der Waals surface area (Å²) in [5, 5.41) is 14.9. The molecule has 2 N–H and O–H groups in total. The average Bonchev–Trinajstić information content (AvgIpc) is 3.26. The summed E-state index contributed by atoms with van der Waals surface area (Å²) in [5.41, 5.74) is 7.04. The maximum Gasteiger partial charge on any atom is 0.289 e. The first-order chi connectivity index (χ1) is 16.7. The molecule has 2 aromatic heterocycles. The van der Waals surface area contributed by atoms with Gasteiger partial charge in [-0.1, -0.05) is 42.5 Å². The molecule has 0 unspecified atom stereocenters. The number of nitrogens with zero attached hydrogens (tertiary/aromatic N) is 3. The molecule has 0 saturated heterocycles. The number of aromatic nitrogens is 2. The van der Waals surface area contributed by atoms with Crippen LogP contribution in [0.5, 0.6) is 5.75 Å². The highest BCUT2D eigenvalue weighted by Crippen LogP contribution is 2.25. The lowest BCUT2D eigenvalue weighted by Crippen LogP contribution is -2.18. The number of para-hydroxylation sites is 1. The van der Waals surface area contributed by atoms with Crippen LogP contribution < -0.4 is 10.2 Å². The largest absolute Gasteiger partial charge is 0.489 e. The van der Waals surface area contributed by atoms with Crippen LogP contribution in [0.25, 0.3) is 21.8 Å². The molecule has 5 rings (SSSR count). The fraction of sp³-hybridized carbons (Fsp3) is 0.0370. The van der Waals surface area contributed by atoms with Crippen molar-refractivity contribution in [3.8, 4) is 11.8 Å². The predicted octanol–water partition coefficient (Wildman–Crippen LogP) is 4.93. The van der Waals surface area contributed by atoms with Crippen LogP contribution in [0.3, 0.4) is 0 Å². The molecule has 0 saturated carbocycles. The van der Waals surface area contributed by atoms with E-state index in [0.29, 0.717) is 17.9 Å². The van der Waals surface area contributed by atoms with Crippen molar-refractivity contribution in [2.24, 2.45) is 5.10 Å². The number of benzene rings is 3. The van der Waals surface area contributed by atoms with Crippen molar-refractivity contribution in [2.75, 3.05) is 0 Å². The van der Waals surface area contributed by atoms with E-state index in [-0.39, 0.29) is 5.69 Å². The summed E-state index contributed by atoms with van der Waals surface area (Å²) in [7, 11) is 0. The Labute approximate surface area is 195 Å². The highest BCUT2D eigenvalue weighted by atomic mass is 16.5. The highest BCUT2D eigenvalue weighted by molar-refractivity contribution is 6.09. The number of aromatic amines is 1. The molecule has 34 heavy (non-hydrogen) atoms. The van der Waals surface area contributed by atoms with E-state index >= 15 is 0 Å². The van der Waals surface area contributed by atoms with Gasteiger partial charge in [0, 0.05) is 16.3 Å². The fourth-order valence-corrected chi connectivity index (χ4v) is 3.62. The van der Waals surface area contributed by atoms with Crippen LogP contribution in [0.15, 0.2) is 90.2 Å². The summed E-state index contributed by atoms with van der Waals surface area (Å²) >= 11 is 0. The lowest BCUT2D eigenvalue weighted by Gasteiger charge is -2.07. The molecule has 5 aromatic rings. The van der Waals surface area contributed by atoms with Crippen molar-refractivity contribution in [2.45, 2.75) is 6.61 Å². The molecule has 0 aliphatic rings. The summed E-state index contributed by atoms with van der Waals surface area (Å²) in [5.74, 6) is 0.280. The SMILES string of the molecule is N#Cc1ccc(COc2cccc(/C=N/NC(=O)c3cc4c(cn3)[nH]c3ccccc34)c2)cc1. The monoisotopic (exact) mass is 445 g/mol. The van der Waals surface area contributed by atoms with Gasteiger partial charge in [0.1, 0.15) is 18.1 Å². The molecule has 0 bridgehead atoms. The third-order valence-electron chi connectivity index (χ3n) is 5.35. The molecule has 2 heterocycles. The Kier molecular flexibility index (Phi) is 5.70. The van der Waals surface area contributed by atoms with Crippen LogP contribution in [0.1, 0.15) is 27.2 Å². The number of hydrogen-bond acceptors (Lipinski definition) is 5. The van der Waals surface area contributed by atoms with Crippen LogP contribution in [-0.2, 0) is 6.61 Å². The van der Waals surface area contributed by atoms with E-state index < -0.39 is 5.91 Å². The fourth-order valence-electron chi connectivity index (χ4n) is 3.62. The molecule has 0 fully saturated rings. The van der Waals surface area contributed by atoms with Gasteiger partial charge in [0.25, 0.3) is 5.91 Å². The van der Waals surface area contributed by atoms with Gasteiger partial charge >= 0.3 is 0 Å². The van der Waals surface area contributed by atoms with E-state index in [2.05, 4.69) is 26.6 Å². The molecule has 3 aromatic carbocycles. The first-order valence-electron chi connectivity index (χ1n) is 10.6. The van der Waals surface area contributed by atoms with Crippen molar-refractivity contribution in [3.63, 3.8) is 0 Å². The number of fused-ring (bicyclic) bond motifs is 3. The molecule has 1 amide bonds. The number of pyridine rings is 1. The summed E-state index contributed by atoms with van der Waals surface area (Å²) in [4.78, 5) is 20.1. The zero-order valence-corrected chi connectivity index (χ0v) is 18.0. The van der Waals surface area contributed by atoms with E-state index in [1.54, 1.807) is 30.6 Å². The number of carbonyl (C=O) groups excluding carboxylic acids is 1. The second-order valence-corrected chi connectivity index (χ2v) is 7.65. The van der Waals surface area contributed by atoms with Gasteiger partial charge in [0.05, 0.1) is 29.6 Å². The van der Waals surface area contributed by atoms with E-state index in [4.69, 9.17) is 10.00 Å². The van der Waals surface area contributed by atoms with Gasteiger partial charge in [-0.05, 0) is 47.5 Å². The van der Waals surface area contributed by atoms with Crippen molar-refractivity contribution >= 4 is 33.9 Å². The van der Waals surface area contributed by atoms with Crippen LogP contribution >= 0.6 is 0 Å². The number of H-pyrrole nitrogens is 1. The maximum atomic E-state index is 12.6. The molecule has 0 radical (unpaired) electrons. The highest BCUT2D eigenvalue weighted by Gasteiger charge is 2.10. The minimum atomic E-state index is -0.392. The topological polar surface area (TPSA) is 103 Å². The zero-order chi connectivity index (χ0) is 23.3. The molecule has 7 nitrogen and oxygen atoms in total. The number of nitrogens with one attached hydrogen (secondary N) is 2. The van der Waals surface area contributed by atoms with E-state index in [9.17, 15) is 4.79 Å². The molecule has 164 valence electrons. The predicted molar refractivity (Wildman–Crippen MR) is 131 cm³/mol. The number of hydrazone groups is 1. The van der Waals surface area contributed by atoms with Crippen molar-refractivity contribution < 1.29 is 9.53 Å². The Bertz CT molecular complexity index is 1560. The minimum absolute atomic E-state index is 0.286. The third-order valence-corrected chi connectivity index (χ3v) is 5.35. The van der Waals surface area contributed by atoms with Gasteiger partial charge in [-0.15, -0.1) is 0 Å². The number of nitriles is 1. The molecule has 0 aliphatic heterocycles. The summed E-state index contributed by atoms with van der Waals surface area (Å²) in [6, 6.07) is 26.4. The maximum absolute atomic E-state index is 12.6. The summed E-state index contributed by atoms with van der Waals surface area (Å²) in [6.45, 7) is 0.380. The summed E-state index contributed by atoms with van der Waals surface area (Å²) < 4.78 is 5.83. The number of rotatable bonds is 6. The van der Waals surface area contributed by atoms with Crippen LogP contribution in [-0.4, -0.2) is 22.1 Å². The second kappa shape index (κ2) is 9.27. The molecule has 0 spiro atoms. The zero-order valence-electron chi connectivity index (χ0n) is 18.0. The van der Waals surface area contributed by atoms with Crippen LogP contribution in [0.2, 0.25) is 0 Å². The normalized spacial score (nSPS) is 11.0.